The second kappa shape index (κ2) is 6.90. The van der Waals surface area contributed by atoms with Gasteiger partial charge < -0.3 is 5.32 Å². The number of hydrogen-bond acceptors (Lipinski definition) is 3. The fraction of sp³-hybridized carbons (Fsp3) is 0.500. The van der Waals surface area contributed by atoms with Crippen LogP contribution in [0.4, 0.5) is 0 Å². The highest BCUT2D eigenvalue weighted by atomic mass is 35.5. The van der Waals surface area contributed by atoms with Crippen LogP contribution in [0.2, 0.25) is 10.0 Å². The molecule has 1 atom stereocenters. The summed E-state index contributed by atoms with van der Waals surface area (Å²) < 4.78 is 0.877. The molecule has 1 aromatic carbocycles. The number of thiophene rings is 1. The third-order valence-corrected chi connectivity index (χ3v) is 7.76. The summed E-state index contributed by atoms with van der Waals surface area (Å²) in [5, 5.41) is 5.32. The van der Waals surface area contributed by atoms with E-state index in [1.165, 1.54) is 24.2 Å². The SMILES string of the molecule is CC1(C)C(NC(=O)c2cc3ccc(Cl)c(Cl)c3s2)C2CCN1CC2.Cl. The van der Waals surface area contributed by atoms with Crippen molar-refractivity contribution in [2.24, 2.45) is 5.92 Å². The summed E-state index contributed by atoms with van der Waals surface area (Å²) in [6.07, 6.45) is 2.34. The van der Waals surface area contributed by atoms with Gasteiger partial charge in [0.05, 0.1) is 19.6 Å². The van der Waals surface area contributed by atoms with E-state index in [1.54, 1.807) is 6.07 Å². The molecule has 25 heavy (non-hydrogen) atoms. The largest absolute Gasteiger partial charge is 0.346 e. The fourth-order valence-electron chi connectivity index (χ4n) is 4.25. The number of nitrogens with zero attached hydrogens (tertiary/aromatic N) is 1. The molecule has 7 heteroatoms. The van der Waals surface area contributed by atoms with Crippen molar-refractivity contribution in [3.05, 3.63) is 33.1 Å². The summed E-state index contributed by atoms with van der Waals surface area (Å²) in [4.78, 5) is 16.0. The number of hydrogen-bond donors (Lipinski definition) is 1. The molecule has 136 valence electrons. The predicted molar refractivity (Wildman–Crippen MR) is 109 cm³/mol. The zero-order chi connectivity index (χ0) is 17.1. The molecule has 0 saturated carbocycles. The topological polar surface area (TPSA) is 32.3 Å². The Morgan fingerprint density at radius 2 is 1.96 bits per heavy atom. The lowest BCUT2D eigenvalue weighted by molar-refractivity contribution is -0.0377. The first-order valence-electron chi connectivity index (χ1n) is 8.31. The van der Waals surface area contributed by atoms with Crippen LogP contribution in [0.15, 0.2) is 18.2 Å². The number of rotatable bonds is 2. The quantitative estimate of drug-likeness (QED) is 0.722. The number of carbonyl (C=O) groups excluding carboxylic acids is 1. The van der Waals surface area contributed by atoms with E-state index in [0.29, 0.717) is 20.8 Å². The molecule has 3 fully saturated rings. The predicted octanol–water partition coefficient (Wildman–Crippen LogP) is 5.23. The molecule has 5 rings (SSSR count). The normalized spacial score (nSPS) is 27.1. The minimum Gasteiger partial charge on any atom is -0.346 e. The van der Waals surface area contributed by atoms with Crippen molar-refractivity contribution >= 4 is 62.9 Å². The zero-order valence-electron chi connectivity index (χ0n) is 14.1. The van der Waals surface area contributed by atoms with Crippen LogP contribution in [0, 0.1) is 5.92 Å². The van der Waals surface area contributed by atoms with Crippen LogP contribution in [0.5, 0.6) is 0 Å². The van der Waals surface area contributed by atoms with Crippen LogP contribution >= 0.6 is 46.9 Å². The molecule has 0 aliphatic carbocycles. The molecular weight excluding hydrogens is 399 g/mol. The van der Waals surface area contributed by atoms with Gasteiger partial charge >= 0.3 is 0 Å². The molecule has 1 unspecified atom stereocenters. The van der Waals surface area contributed by atoms with Gasteiger partial charge in [-0.1, -0.05) is 29.3 Å². The Balaban J connectivity index is 0.00000182. The standard InChI is InChI=1S/C18H20Cl2N2OS.ClH/c1-18(2)16(10-5-7-22(18)8-6-10)21-17(23)13-9-11-3-4-12(19)14(20)15(11)24-13;/h3-4,9-10,16H,5-8H2,1-2H3,(H,21,23);1H. The van der Waals surface area contributed by atoms with Gasteiger partial charge in [0, 0.05) is 11.6 Å². The van der Waals surface area contributed by atoms with E-state index in [1.807, 2.05) is 12.1 Å². The minimum atomic E-state index is -0.00443. The van der Waals surface area contributed by atoms with Gasteiger partial charge in [0.2, 0.25) is 0 Å². The highest BCUT2D eigenvalue weighted by Gasteiger charge is 2.48. The van der Waals surface area contributed by atoms with Crippen LogP contribution in [0.1, 0.15) is 36.4 Å². The monoisotopic (exact) mass is 418 g/mol. The van der Waals surface area contributed by atoms with E-state index >= 15 is 0 Å². The number of piperidine rings is 3. The van der Waals surface area contributed by atoms with Crippen LogP contribution in [-0.2, 0) is 0 Å². The van der Waals surface area contributed by atoms with E-state index in [0.717, 1.165) is 23.2 Å². The second-order valence-electron chi connectivity index (χ2n) is 7.32. The zero-order valence-corrected chi connectivity index (χ0v) is 17.3. The molecular formula is C18H21Cl3N2OS. The van der Waals surface area contributed by atoms with Gasteiger partial charge in [0.15, 0.2) is 0 Å². The summed E-state index contributed by atoms with van der Waals surface area (Å²) in [5.41, 5.74) is 0.00839. The first-order chi connectivity index (χ1) is 11.4. The molecule has 2 bridgehead atoms. The molecule has 1 aromatic heterocycles. The van der Waals surface area contributed by atoms with Crippen molar-refractivity contribution < 1.29 is 4.79 Å². The van der Waals surface area contributed by atoms with Crippen molar-refractivity contribution in [1.29, 1.82) is 0 Å². The molecule has 3 aliphatic rings. The summed E-state index contributed by atoms with van der Waals surface area (Å²) >= 11 is 13.8. The van der Waals surface area contributed by atoms with Gasteiger partial charge in [-0.15, -0.1) is 23.7 Å². The van der Waals surface area contributed by atoms with Crippen molar-refractivity contribution in [3.63, 3.8) is 0 Å². The third kappa shape index (κ3) is 3.17. The Hall–Kier alpha value is -0.520. The first kappa shape index (κ1) is 19.2. The third-order valence-electron chi connectivity index (χ3n) is 5.68. The van der Waals surface area contributed by atoms with E-state index in [4.69, 9.17) is 23.2 Å². The Morgan fingerprint density at radius 1 is 1.28 bits per heavy atom. The number of benzene rings is 1. The van der Waals surface area contributed by atoms with Gasteiger partial charge in [-0.3, -0.25) is 9.69 Å². The maximum Gasteiger partial charge on any atom is 0.261 e. The second-order valence-corrected chi connectivity index (χ2v) is 9.16. The Morgan fingerprint density at radius 3 is 2.60 bits per heavy atom. The minimum absolute atomic E-state index is 0. The van der Waals surface area contributed by atoms with Crippen molar-refractivity contribution in [1.82, 2.24) is 10.2 Å². The molecule has 3 aliphatic heterocycles. The lowest BCUT2D eigenvalue weighted by Crippen LogP contribution is -2.69. The van der Waals surface area contributed by atoms with E-state index < -0.39 is 0 Å². The average Bonchev–Trinajstić information content (AvgIpc) is 3.00. The number of halogens is 3. The van der Waals surface area contributed by atoms with Crippen molar-refractivity contribution in [2.75, 3.05) is 13.1 Å². The molecule has 0 radical (unpaired) electrons. The maximum atomic E-state index is 12.8. The Bertz CT molecular complexity index is 812. The van der Waals surface area contributed by atoms with Crippen LogP contribution in [0.25, 0.3) is 10.1 Å². The smallest absolute Gasteiger partial charge is 0.261 e. The summed E-state index contributed by atoms with van der Waals surface area (Å²) in [7, 11) is 0. The van der Waals surface area contributed by atoms with E-state index in [2.05, 4.69) is 24.1 Å². The Labute approximate surface area is 168 Å². The molecule has 3 saturated heterocycles. The molecule has 3 nitrogen and oxygen atoms in total. The maximum absolute atomic E-state index is 12.8. The highest BCUT2D eigenvalue weighted by Crippen LogP contribution is 2.40. The first-order valence-corrected chi connectivity index (χ1v) is 9.88. The van der Waals surface area contributed by atoms with Gasteiger partial charge in [-0.25, -0.2) is 0 Å². The average molecular weight is 420 g/mol. The van der Waals surface area contributed by atoms with Gasteiger partial charge in [0.25, 0.3) is 5.91 Å². The number of nitrogens with one attached hydrogen (secondary N) is 1. The van der Waals surface area contributed by atoms with E-state index in [-0.39, 0.29) is 29.9 Å². The lowest BCUT2D eigenvalue weighted by Gasteiger charge is -2.56. The van der Waals surface area contributed by atoms with Crippen LogP contribution in [0.3, 0.4) is 0 Å². The van der Waals surface area contributed by atoms with Gasteiger partial charge in [0.1, 0.15) is 0 Å². The number of amides is 1. The van der Waals surface area contributed by atoms with Crippen molar-refractivity contribution in [2.45, 2.75) is 38.3 Å². The lowest BCUT2D eigenvalue weighted by atomic mass is 9.72. The molecule has 4 heterocycles. The van der Waals surface area contributed by atoms with Gasteiger partial charge in [-0.2, -0.15) is 0 Å². The summed E-state index contributed by atoms with van der Waals surface area (Å²) in [6.45, 7) is 6.76. The summed E-state index contributed by atoms with van der Waals surface area (Å²) in [5.74, 6) is 0.566. The Kier molecular flexibility index (Phi) is 5.31. The van der Waals surface area contributed by atoms with E-state index in [9.17, 15) is 4.79 Å². The molecule has 0 spiro atoms. The molecule has 2 aromatic rings. The number of carbonyl (C=O) groups is 1. The highest BCUT2D eigenvalue weighted by molar-refractivity contribution is 7.21. The summed E-state index contributed by atoms with van der Waals surface area (Å²) in [6, 6.07) is 5.79. The fourth-order valence-corrected chi connectivity index (χ4v) is 5.75. The van der Waals surface area contributed by atoms with Crippen LogP contribution < -0.4 is 5.32 Å². The number of fused-ring (bicyclic) bond motifs is 4. The van der Waals surface area contributed by atoms with Crippen LogP contribution in [-0.4, -0.2) is 35.5 Å². The van der Waals surface area contributed by atoms with Crippen molar-refractivity contribution in [3.8, 4) is 0 Å². The molecule has 1 N–H and O–H groups in total. The molecule has 1 amide bonds. The van der Waals surface area contributed by atoms with Gasteiger partial charge in [-0.05, 0) is 63.2 Å².